The number of nitrogens with two attached hydrogens (primary N) is 1. The number of benzene rings is 1. The van der Waals surface area contributed by atoms with Gasteiger partial charge in [-0.15, -0.1) is 11.8 Å². The summed E-state index contributed by atoms with van der Waals surface area (Å²) in [4.78, 5) is 4.29. The Balaban J connectivity index is 2.05. The molecule has 0 aliphatic rings. The van der Waals surface area contributed by atoms with E-state index in [1.54, 1.807) is 24.0 Å². The van der Waals surface area contributed by atoms with E-state index in [9.17, 15) is 0 Å². The highest BCUT2D eigenvalue weighted by atomic mass is 79.9. The number of oxime groups is 1. The molecule has 0 bridgehead atoms. The highest BCUT2D eigenvalue weighted by Gasteiger charge is 2.02. The first-order chi connectivity index (χ1) is 9.19. The molecule has 2 rings (SSSR count). The Morgan fingerprint density at radius 3 is 2.89 bits per heavy atom. The van der Waals surface area contributed by atoms with Gasteiger partial charge < -0.3 is 10.9 Å². The minimum absolute atomic E-state index is 0.119. The van der Waals surface area contributed by atoms with Crippen LogP contribution in [0.25, 0.3) is 0 Å². The molecule has 2 aromatic rings. The number of hydrogen-bond donors (Lipinski definition) is 2. The van der Waals surface area contributed by atoms with Crippen LogP contribution in [0, 0.1) is 0 Å². The van der Waals surface area contributed by atoms with Gasteiger partial charge in [-0.1, -0.05) is 23.4 Å². The van der Waals surface area contributed by atoms with Crippen LogP contribution in [0.4, 0.5) is 0 Å². The summed E-state index contributed by atoms with van der Waals surface area (Å²) < 4.78 is 0.964. The Kier molecular flexibility index (Phi) is 4.81. The zero-order valence-electron chi connectivity index (χ0n) is 9.95. The molecular weight excluding hydrogens is 326 g/mol. The summed E-state index contributed by atoms with van der Waals surface area (Å²) in [5, 5.41) is 12.6. The fourth-order valence-electron chi connectivity index (χ4n) is 1.48. The van der Waals surface area contributed by atoms with Gasteiger partial charge in [0.15, 0.2) is 5.84 Å². The Morgan fingerprint density at radius 2 is 2.21 bits per heavy atom. The number of amidine groups is 1. The monoisotopic (exact) mass is 337 g/mol. The quantitative estimate of drug-likeness (QED) is 0.295. The highest BCUT2D eigenvalue weighted by Crippen LogP contribution is 2.22. The van der Waals surface area contributed by atoms with Crippen LogP contribution >= 0.6 is 27.7 Å². The molecule has 0 saturated carbocycles. The van der Waals surface area contributed by atoms with Gasteiger partial charge in [0.2, 0.25) is 0 Å². The first-order valence-electron chi connectivity index (χ1n) is 5.50. The van der Waals surface area contributed by atoms with E-state index in [2.05, 4.69) is 26.1 Å². The normalized spacial score (nSPS) is 11.5. The Hall–Kier alpha value is -1.53. The van der Waals surface area contributed by atoms with Crippen molar-refractivity contribution in [2.24, 2.45) is 10.9 Å². The standard InChI is InChI=1S/C13H12BrN3OS/c14-11-4-5-12(16-7-11)19-8-9-2-1-3-10(6-9)13(15)17-18/h1-7,18H,8H2,(H2,15,17). The first-order valence-corrected chi connectivity index (χ1v) is 7.28. The van der Waals surface area contributed by atoms with Crippen molar-refractivity contribution in [1.82, 2.24) is 4.98 Å². The average molecular weight is 338 g/mol. The lowest BCUT2D eigenvalue weighted by atomic mass is 10.1. The van der Waals surface area contributed by atoms with Crippen LogP contribution in [0.3, 0.4) is 0 Å². The third kappa shape index (κ3) is 3.97. The molecule has 0 amide bonds. The van der Waals surface area contributed by atoms with Crippen LogP contribution in [-0.4, -0.2) is 16.0 Å². The van der Waals surface area contributed by atoms with Crippen LogP contribution in [0.5, 0.6) is 0 Å². The zero-order valence-corrected chi connectivity index (χ0v) is 12.4. The molecule has 0 aliphatic carbocycles. The molecule has 0 radical (unpaired) electrons. The second-order valence-electron chi connectivity index (χ2n) is 3.79. The minimum Gasteiger partial charge on any atom is -0.409 e. The molecule has 0 unspecified atom stereocenters. The van der Waals surface area contributed by atoms with Gasteiger partial charge in [-0.3, -0.25) is 0 Å². The maximum absolute atomic E-state index is 8.66. The molecule has 0 aliphatic heterocycles. The van der Waals surface area contributed by atoms with E-state index < -0.39 is 0 Å². The lowest BCUT2D eigenvalue weighted by Gasteiger charge is -2.04. The van der Waals surface area contributed by atoms with Crippen LogP contribution < -0.4 is 5.73 Å². The van der Waals surface area contributed by atoms with Crippen molar-refractivity contribution >= 4 is 33.5 Å². The molecule has 19 heavy (non-hydrogen) atoms. The molecule has 3 N–H and O–H groups in total. The molecule has 0 atom stereocenters. The SMILES string of the molecule is NC(=NO)c1cccc(CSc2ccc(Br)cn2)c1. The van der Waals surface area contributed by atoms with Gasteiger partial charge in [-0.25, -0.2) is 4.98 Å². The van der Waals surface area contributed by atoms with E-state index >= 15 is 0 Å². The lowest BCUT2D eigenvalue weighted by Crippen LogP contribution is -2.13. The van der Waals surface area contributed by atoms with Crippen LogP contribution in [-0.2, 0) is 5.75 Å². The molecule has 0 fully saturated rings. The molecule has 4 nitrogen and oxygen atoms in total. The summed E-state index contributed by atoms with van der Waals surface area (Å²) in [5.74, 6) is 0.898. The van der Waals surface area contributed by atoms with Crippen molar-refractivity contribution < 1.29 is 5.21 Å². The van der Waals surface area contributed by atoms with E-state index in [-0.39, 0.29) is 5.84 Å². The van der Waals surface area contributed by atoms with Gasteiger partial charge >= 0.3 is 0 Å². The second kappa shape index (κ2) is 6.58. The lowest BCUT2D eigenvalue weighted by molar-refractivity contribution is 0.318. The fraction of sp³-hybridized carbons (Fsp3) is 0.0769. The van der Waals surface area contributed by atoms with Crippen molar-refractivity contribution in [1.29, 1.82) is 0 Å². The Bertz CT molecular complexity index is 587. The first kappa shape index (κ1) is 13.9. The Morgan fingerprint density at radius 1 is 1.37 bits per heavy atom. The van der Waals surface area contributed by atoms with Crippen molar-refractivity contribution in [3.63, 3.8) is 0 Å². The molecule has 98 valence electrons. The number of aromatic nitrogens is 1. The van der Waals surface area contributed by atoms with Crippen molar-refractivity contribution in [3.8, 4) is 0 Å². The van der Waals surface area contributed by atoms with Gasteiger partial charge in [0.05, 0.1) is 5.03 Å². The molecule has 0 saturated heterocycles. The highest BCUT2D eigenvalue weighted by molar-refractivity contribution is 9.10. The molecule has 1 aromatic carbocycles. The molecule has 1 heterocycles. The number of nitrogens with zero attached hydrogens (tertiary/aromatic N) is 2. The summed E-state index contributed by atoms with van der Waals surface area (Å²) in [6.07, 6.45) is 1.77. The van der Waals surface area contributed by atoms with E-state index in [1.807, 2.05) is 30.3 Å². The van der Waals surface area contributed by atoms with Crippen molar-refractivity contribution in [3.05, 3.63) is 58.2 Å². The molecule has 0 spiro atoms. The number of rotatable bonds is 4. The van der Waals surface area contributed by atoms with Crippen LogP contribution in [0.15, 0.2) is 57.2 Å². The van der Waals surface area contributed by atoms with Crippen LogP contribution in [0.2, 0.25) is 0 Å². The van der Waals surface area contributed by atoms with E-state index in [0.717, 1.165) is 20.8 Å². The predicted molar refractivity (Wildman–Crippen MR) is 80.5 cm³/mol. The number of thioether (sulfide) groups is 1. The van der Waals surface area contributed by atoms with Gasteiger partial charge in [-0.05, 0) is 39.7 Å². The van der Waals surface area contributed by atoms with Crippen molar-refractivity contribution in [2.75, 3.05) is 0 Å². The van der Waals surface area contributed by atoms with Gasteiger partial charge in [0.1, 0.15) is 0 Å². The van der Waals surface area contributed by atoms with Gasteiger partial charge in [0, 0.05) is 22.0 Å². The fourth-order valence-corrected chi connectivity index (χ4v) is 2.50. The molecule has 6 heteroatoms. The second-order valence-corrected chi connectivity index (χ2v) is 5.70. The largest absolute Gasteiger partial charge is 0.409 e. The summed E-state index contributed by atoms with van der Waals surface area (Å²) in [6, 6.07) is 11.5. The summed E-state index contributed by atoms with van der Waals surface area (Å²) in [7, 11) is 0. The van der Waals surface area contributed by atoms with Crippen LogP contribution in [0.1, 0.15) is 11.1 Å². The maximum atomic E-state index is 8.66. The van der Waals surface area contributed by atoms with E-state index in [4.69, 9.17) is 10.9 Å². The minimum atomic E-state index is 0.119. The third-order valence-electron chi connectivity index (χ3n) is 2.42. The maximum Gasteiger partial charge on any atom is 0.170 e. The zero-order chi connectivity index (χ0) is 13.7. The summed E-state index contributed by atoms with van der Waals surface area (Å²) in [5.41, 5.74) is 7.37. The van der Waals surface area contributed by atoms with Crippen molar-refractivity contribution in [2.45, 2.75) is 10.8 Å². The number of pyridine rings is 1. The van der Waals surface area contributed by atoms with Gasteiger partial charge in [0.25, 0.3) is 0 Å². The third-order valence-corrected chi connectivity index (χ3v) is 3.90. The number of hydrogen-bond acceptors (Lipinski definition) is 4. The average Bonchev–Trinajstić information content (AvgIpc) is 2.46. The predicted octanol–water partition coefficient (Wildman–Crippen LogP) is 3.23. The topological polar surface area (TPSA) is 71.5 Å². The van der Waals surface area contributed by atoms with E-state index in [1.165, 1.54) is 0 Å². The molecular formula is C13H12BrN3OS. The van der Waals surface area contributed by atoms with E-state index in [0.29, 0.717) is 5.56 Å². The molecule has 1 aromatic heterocycles. The summed E-state index contributed by atoms with van der Waals surface area (Å²) >= 11 is 4.99. The smallest absolute Gasteiger partial charge is 0.170 e. The van der Waals surface area contributed by atoms with Gasteiger partial charge in [-0.2, -0.15) is 0 Å². The number of halogens is 1. The Labute approximate surface area is 123 Å². The summed E-state index contributed by atoms with van der Waals surface area (Å²) in [6.45, 7) is 0.